The van der Waals surface area contributed by atoms with Gasteiger partial charge in [-0.3, -0.25) is 9.55 Å². The van der Waals surface area contributed by atoms with Gasteiger partial charge in [0.25, 0.3) is 0 Å². The molecule has 0 aromatic carbocycles. The van der Waals surface area contributed by atoms with Gasteiger partial charge in [0.1, 0.15) is 6.33 Å². The Kier molecular flexibility index (Phi) is 4.01. The first-order valence-electron chi connectivity index (χ1n) is 5.86. The van der Waals surface area contributed by atoms with Gasteiger partial charge >= 0.3 is 5.69 Å². The number of rotatable bonds is 5. The number of nitrogens with one attached hydrogen (secondary N) is 1. The van der Waals surface area contributed by atoms with Gasteiger partial charge in [-0.2, -0.15) is 4.98 Å². The van der Waals surface area contributed by atoms with Crippen molar-refractivity contribution in [2.75, 3.05) is 11.9 Å². The number of hydrogen-bond acceptors (Lipinski definition) is 5. The van der Waals surface area contributed by atoms with E-state index < -0.39 is 0 Å². The topological polar surface area (TPSA) is 72.7 Å². The molecule has 2 rings (SSSR count). The minimum absolute atomic E-state index is 0.305. The van der Waals surface area contributed by atoms with Gasteiger partial charge in [-0.25, -0.2) is 9.78 Å². The van der Waals surface area contributed by atoms with E-state index in [0.717, 1.165) is 18.5 Å². The summed E-state index contributed by atoms with van der Waals surface area (Å²) >= 11 is 0. The molecule has 0 aliphatic rings. The van der Waals surface area contributed by atoms with Crippen LogP contribution in [0.1, 0.15) is 18.9 Å². The van der Waals surface area contributed by atoms with E-state index in [1.807, 2.05) is 19.1 Å². The highest BCUT2D eigenvalue weighted by Crippen LogP contribution is 1.98. The number of aromatic nitrogens is 4. The minimum Gasteiger partial charge on any atom is -0.354 e. The molecule has 6 nitrogen and oxygen atoms in total. The quantitative estimate of drug-likeness (QED) is 0.847. The van der Waals surface area contributed by atoms with Crippen LogP contribution in [0.4, 0.5) is 5.95 Å². The molecule has 0 spiro atoms. The molecule has 6 heteroatoms. The zero-order valence-electron chi connectivity index (χ0n) is 10.2. The van der Waals surface area contributed by atoms with E-state index >= 15 is 0 Å². The first kappa shape index (κ1) is 12.2. The van der Waals surface area contributed by atoms with Crippen molar-refractivity contribution in [2.45, 2.75) is 19.9 Å². The molecule has 0 aliphatic heterocycles. The molecule has 2 aromatic rings. The van der Waals surface area contributed by atoms with Gasteiger partial charge < -0.3 is 5.32 Å². The summed E-state index contributed by atoms with van der Waals surface area (Å²) in [5.41, 5.74) is 0.686. The van der Waals surface area contributed by atoms with E-state index in [1.54, 1.807) is 12.4 Å². The first-order valence-corrected chi connectivity index (χ1v) is 5.86. The third-order valence-electron chi connectivity index (χ3n) is 2.40. The highest BCUT2D eigenvalue weighted by Gasteiger charge is 2.01. The Balaban J connectivity index is 2.13. The van der Waals surface area contributed by atoms with Crippen LogP contribution in [0.2, 0.25) is 0 Å². The SMILES string of the molecule is CCCNc1ncn(Cc2ccncc2)c(=O)n1. The van der Waals surface area contributed by atoms with E-state index in [4.69, 9.17) is 0 Å². The van der Waals surface area contributed by atoms with Gasteiger partial charge in [0.05, 0.1) is 6.54 Å². The summed E-state index contributed by atoms with van der Waals surface area (Å²) in [6, 6.07) is 3.71. The Morgan fingerprint density at radius 3 is 2.78 bits per heavy atom. The lowest BCUT2D eigenvalue weighted by Gasteiger charge is -2.06. The lowest BCUT2D eigenvalue weighted by molar-refractivity contribution is 0.699. The van der Waals surface area contributed by atoms with Crippen molar-refractivity contribution >= 4 is 5.95 Å². The van der Waals surface area contributed by atoms with Gasteiger partial charge in [0.2, 0.25) is 5.95 Å². The molecule has 0 atom stereocenters. The van der Waals surface area contributed by atoms with Crippen molar-refractivity contribution in [3.8, 4) is 0 Å². The van der Waals surface area contributed by atoms with Crippen molar-refractivity contribution in [2.24, 2.45) is 0 Å². The van der Waals surface area contributed by atoms with Crippen LogP contribution in [0.3, 0.4) is 0 Å². The van der Waals surface area contributed by atoms with Gasteiger partial charge in [0, 0.05) is 18.9 Å². The van der Waals surface area contributed by atoms with E-state index in [1.165, 1.54) is 10.9 Å². The van der Waals surface area contributed by atoms with E-state index in [-0.39, 0.29) is 5.69 Å². The van der Waals surface area contributed by atoms with E-state index in [2.05, 4.69) is 20.3 Å². The molecule has 2 heterocycles. The van der Waals surface area contributed by atoms with Crippen molar-refractivity contribution in [3.05, 3.63) is 46.9 Å². The molecule has 18 heavy (non-hydrogen) atoms. The fourth-order valence-electron chi connectivity index (χ4n) is 1.47. The summed E-state index contributed by atoms with van der Waals surface area (Å²) in [6.07, 6.45) is 5.86. The van der Waals surface area contributed by atoms with Crippen LogP contribution >= 0.6 is 0 Å². The monoisotopic (exact) mass is 245 g/mol. The Labute approximate surface area is 105 Å². The number of anilines is 1. The molecule has 2 aromatic heterocycles. The van der Waals surface area contributed by atoms with Crippen LogP contribution in [0, 0.1) is 0 Å². The smallest absolute Gasteiger partial charge is 0.352 e. The highest BCUT2D eigenvalue weighted by molar-refractivity contribution is 5.20. The summed E-state index contributed by atoms with van der Waals surface area (Å²) < 4.78 is 1.46. The minimum atomic E-state index is -0.305. The predicted molar refractivity (Wildman–Crippen MR) is 68.4 cm³/mol. The lowest BCUT2D eigenvalue weighted by Crippen LogP contribution is -2.25. The molecule has 0 bridgehead atoms. The molecular weight excluding hydrogens is 230 g/mol. The van der Waals surface area contributed by atoms with Gasteiger partial charge in [-0.15, -0.1) is 0 Å². The summed E-state index contributed by atoms with van der Waals surface area (Å²) in [5, 5.41) is 2.98. The summed E-state index contributed by atoms with van der Waals surface area (Å²) in [5.74, 6) is 0.382. The molecule has 0 unspecified atom stereocenters. The second-order valence-electron chi connectivity index (χ2n) is 3.87. The molecule has 0 radical (unpaired) electrons. The molecule has 0 saturated heterocycles. The number of hydrogen-bond donors (Lipinski definition) is 1. The van der Waals surface area contributed by atoms with Crippen molar-refractivity contribution in [1.82, 2.24) is 19.5 Å². The Hall–Kier alpha value is -2.24. The fraction of sp³-hybridized carbons (Fsp3) is 0.333. The molecular formula is C12H15N5O. The Bertz CT molecular complexity index is 552. The average Bonchev–Trinajstić information content (AvgIpc) is 2.40. The first-order chi connectivity index (χ1) is 8.79. The van der Waals surface area contributed by atoms with Crippen LogP contribution in [-0.4, -0.2) is 26.1 Å². The number of pyridine rings is 1. The standard InChI is InChI=1S/C12H15N5O/c1-2-5-14-11-15-9-17(12(18)16-11)8-10-3-6-13-7-4-10/h3-4,6-7,9H,2,5,8H2,1H3,(H,14,16,18). The van der Waals surface area contributed by atoms with Crippen LogP contribution < -0.4 is 11.0 Å². The van der Waals surface area contributed by atoms with Gasteiger partial charge in [0.15, 0.2) is 0 Å². The maximum atomic E-state index is 11.8. The van der Waals surface area contributed by atoms with Gasteiger partial charge in [-0.05, 0) is 24.1 Å². The molecule has 0 amide bonds. The van der Waals surface area contributed by atoms with Gasteiger partial charge in [-0.1, -0.05) is 6.92 Å². The second-order valence-corrected chi connectivity index (χ2v) is 3.87. The third-order valence-corrected chi connectivity index (χ3v) is 2.40. The molecule has 0 saturated carbocycles. The Morgan fingerprint density at radius 2 is 2.11 bits per heavy atom. The van der Waals surface area contributed by atoms with Crippen LogP contribution in [0.5, 0.6) is 0 Å². The van der Waals surface area contributed by atoms with Crippen molar-refractivity contribution in [1.29, 1.82) is 0 Å². The largest absolute Gasteiger partial charge is 0.354 e. The normalized spacial score (nSPS) is 10.3. The number of nitrogens with zero attached hydrogens (tertiary/aromatic N) is 4. The van der Waals surface area contributed by atoms with Crippen LogP contribution in [0.25, 0.3) is 0 Å². The maximum Gasteiger partial charge on any atom is 0.352 e. The summed E-state index contributed by atoms with van der Waals surface area (Å²) in [4.78, 5) is 23.7. The van der Waals surface area contributed by atoms with Crippen molar-refractivity contribution < 1.29 is 0 Å². The Morgan fingerprint density at radius 1 is 1.33 bits per heavy atom. The summed E-state index contributed by atoms with van der Waals surface area (Å²) in [7, 11) is 0. The average molecular weight is 245 g/mol. The molecule has 94 valence electrons. The van der Waals surface area contributed by atoms with Crippen LogP contribution in [0.15, 0.2) is 35.6 Å². The molecule has 0 fully saturated rings. The van der Waals surface area contributed by atoms with E-state index in [9.17, 15) is 4.79 Å². The molecule has 0 aliphatic carbocycles. The predicted octanol–water partition coefficient (Wildman–Crippen LogP) is 0.903. The van der Waals surface area contributed by atoms with E-state index in [0.29, 0.717) is 12.5 Å². The summed E-state index contributed by atoms with van der Waals surface area (Å²) in [6.45, 7) is 3.25. The third kappa shape index (κ3) is 3.13. The maximum absolute atomic E-state index is 11.8. The second kappa shape index (κ2) is 5.90. The zero-order chi connectivity index (χ0) is 12.8. The molecule has 1 N–H and O–H groups in total. The lowest BCUT2D eigenvalue weighted by atomic mass is 10.3. The highest BCUT2D eigenvalue weighted by atomic mass is 16.1. The fourth-order valence-corrected chi connectivity index (χ4v) is 1.47. The zero-order valence-corrected chi connectivity index (χ0v) is 10.2. The van der Waals surface area contributed by atoms with Crippen molar-refractivity contribution in [3.63, 3.8) is 0 Å². The van der Waals surface area contributed by atoms with Crippen LogP contribution in [-0.2, 0) is 6.54 Å².